The van der Waals surface area contributed by atoms with Crippen molar-refractivity contribution < 1.29 is 4.79 Å². The highest BCUT2D eigenvalue weighted by molar-refractivity contribution is 5.87. The first kappa shape index (κ1) is 14.9. The average Bonchev–Trinajstić information content (AvgIpc) is 2.43. The van der Waals surface area contributed by atoms with Crippen molar-refractivity contribution in [2.24, 2.45) is 5.73 Å². The fraction of sp³-hybridized carbons (Fsp3) is 0.235. The van der Waals surface area contributed by atoms with Crippen LogP contribution >= 0.6 is 0 Å². The molecule has 21 heavy (non-hydrogen) atoms. The average molecular weight is 283 g/mol. The molecule has 0 aliphatic rings. The van der Waals surface area contributed by atoms with Crippen molar-refractivity contribution in [2.45, 2.75) is 26.8 Å². The second-order valence-corrected chi connectivity index (χ2v) is 5.28. The van der Waals surface area contributed by atoms with Crippen LogP contribution in [0.1, 0.15) is 29.7 Å². The van der Waals surface area contributed by atoms with Gasteiger partial charge in [0.25, 0.3) is 0 Å². The topological polar surface area (TPSA) is 67.2 Å². The van der Waals surface area contributed by atoms with Gasteiger partial charge in [-0.25, -0.2) is 4.79 Å². The van der Waals surface area contributed by atoms with Gasteiger partial charge in [0.15, 0.2) is 0 Å². The van der Waals surface area contributed by atoms with Gasteiger partial charge < -0.3 is 16.4 Å². The van der Waals surface area contributed by atoms with Crippen molar-refractivity contribution in [2.75, 3.05) is 10.6 Å². The lowest BCUT2D eigenvalue weighted by Crippen LogP contribution is -2.19. The fourth-order valence-electron chi connectivity index (χ4n) is 2.16. The molecule has 4 nitrogen and oxygen atoms in total. The largest absolute Gasteiger partial charge is 0.379 e. The molecule has 2 amide bonds. The number of rotatable bonds is 4. The van der Waals surface area contributed by atoms with Gasteiger partial charge in [0.2, 0.25) is 0 Å². The van der Waals surface area contributed by atoms with E-state index in [0.29, 0.717) is 5.69 Å². The van der Waals surface area contributed by atoms with E-state index in [9.17, 15) is 4.79 Å². The van der Waals surface area contributed by atoms with Crippen molar-refractivity contribution in [3.8, 4) is 0 Å². The Balaban J connectivity index is 2.07. The zero-order valence-electron chi connectivity index (χ0n) is 12.6. The summed E-state index contributed by atoms with van der Waals surface area (Å²) >= 11 is 0. The minimum atomic E-state index is -0.552. The van der Waals surface area contributed by atoms with Crippen molar-refractivity contribution in [3.05, 3.63) is 59.2 Å². The minimum Gasteiger partial charge on any atom is -0.379 e. The molecule has 110 valence electrons. The maximum Gasteiger partial charge on any atom is 0.316 e. The third kappa shape index (κ3) is 3.99. The molecule has 4 N–H and O–H groups in total. The van der Waals surface area contributed by atoms with Crippen molar-refractivity contribution in [1.29, 1.82) is 0 Å². The molecule has 0 spiro atoms. The number of anilines is 2. The van der Waals surface area contributed by atoms with Gasteiger partial charge in [0, 0.05) is 17.4 Å². The number of urea groups is 1. The molecule has 1 atom stereocenters. The van der Waals surface area contributed by atoms with Gasteiger partial charge in [0.1, 0.15) is 0 Å². The van der Waals surface area contributed by atoms with Gasteiger partial charge in [0.05, 0.1) is 0 Å². The lowest BCUT2D eigenvalue weighted by Gasteiger charge is -2.17. The number of hydrogen-bond acceptors (Lipinski definition) is 2. The number of carbonyl (C=O) groups excluding carboxylic acids is 1. The van der Waals surface area contributed by atoms with E-state index < -0.39 is 6.03 Å². The highest BCUT2D eigenvalue weighted by atomic mass is 16.2. The van der Waals surface area contributed by atoms with Gasteiger partial charge in [-0.1, -0.05) is 18.2 Å². The Morgan fingerprint density at radius 1 is 1.00 bits per heavy atom. The van der Waals surface area contributed by atoms with Gasteiger partial charge in [-0.3, -0.25) is 0 Å². The highest BCUT2D eigenvalue weighted by Crippen LogP contribution is 2.22. The first-order valence-corrected chi connectivity index (χ1v) is 6.96. The van der Waals surface area contributed by atoms with E-state index >= 15 is 0 Å². The van der Waals surface area contributed by atoms with Crippen LogP contribution in [0.4, 0.5) is 16.2 Å². The van der Waals surface area contributed by atoms with Gasteiger partial charge in [-0.15, -0.1) is 0 Å². The molecule has 0 bridgehead atoms. The second kappa shape index (κ2) is 6.31. The second-order valence-electron chi connectivity index (χ2n) is 5.28. The van der Waals surface area contributed by atoms with Crippen LogP contribution in [0.5, 0.6) is 0 Å². The smallest absolute Gasteiger partial charge is 0.316 e. The molecule has 0 saturated carbocycles. The summed E-state index contributed by atoms with van der Waals surface area (Å²) in [6.07, 6.45) is 0. The molecule has 0 fully saturated rings. The quantitative estimate of drug-likeness (QED) is 0.794. The number of nitrogens with one attached hydrogen (secondary N) is 2. The molecule has 0 aliphatic heterocycles. The van der Waals surface area contributed by atoms with Crippen molar-refractivity contribution in [3.63, 3.8) is 0 Å². The van der Waals surface area contributed by atoms with Gasteiger partial charge in [-0.05, 0) is 61.7 Å². The normalized spacial score (nSPS) is 11.8. The predicted octanol–water partition coefficient (Wildman–Crippen LogP) is 3.97. The lowest BCUT2D eigenvalue weighted by molar-refractivity contribution is 0.259. The van der Waals surface area contributed by atoms with Crippen molar-refractivity contribution >= 4 is 17.4 Å². The highest BCUT2D eigenvalue weighted by Gasteiger charge is 2.06. The SMILES string of the molecule is Cc1ccc(NC(C)c2ccc(NC(N)=O)cc2)cc1C. The molecule has 0 saturated heterocycles. The van der Waals surface area contributed by atoms with Crippen LogP contribution in [-0.4, -0.2) is 6.03 Å². The Labute approximate surface area is 125 Å². The Bertz CT molecular complexity index is 635. The van der Waals surface area contributed by atoms with E-state index in [1.807, 2.05) is 24.3 Å². The zero-order chi connectivity index (χ0) is 15.4. The number of benzene rings is 2. The minimum absolute atomic E-state index is 0.176. The van der Waals surface area contributed by atoms with Gasteiger partial charge in [-0.2, -0.15) is 0 Å². The van der Waals surface area contributed by atoms with E-state index in [2.05, 4.69) is 49.6 Å². The van der Waals surface area contributed by atoms with E-state index in [1.165, 1.54) is 11.1 Å². The third-order valence-electron chi connectivity index (χ3n) is 3.57. The molecule has 2 rings (SSSR count). The molecule has 2 aromatic carbocycles. The summed E-state index contributed by atoms with van der Waals surface area (Å²) in [6, 6.07) is 13.6. The fourth-order valence-corrected chi connectivity index (χ4v) is 2.16. The molecule has 2 aromatic rings. The monoisotopic (exact) mass is 283 g/mol. The van der Waals surface area contributed by atoms with Crippen LogP contribution in [0.2, 0.25) is 0 Å². The lowest BCUT2D eigenvalue weighted by atomic mass is 10.1. The summed E-state index contributed by atoms with van der Waals surface area (Å²) in [5.74, 6) is 0. The molecular formula is C17H21N3O. The van der Waals surface area contributed by atoms with Crippen molar-refractivity contribution in [1.82, 2.24) is 0 Å². The summed E-state index contributed by atoms with van der Waals surface area (Å²) in [5, 5.41) is 6.03. The summed E-state index contributed by atoms with van der Waals surface area (Å²) in [5.41, 5.74) is 10.6. The summed E-state index contributed by atoms with van der Waals surface area (Å²) < 4.78 is 0. The van der Waals surface area contributed by atoms with Crippen LogP contribution in [0.25, 0.3) is 0 Å². The Morgan fingerprint density at radius 3 is 2.19 bits per heavy atom. The zero-order valence-corrected chi connectivity index (χ0v) is 12.6. The number of carbonyl (C=O) groups is 1. The van der Waals surface area contributed by atoms with Crippen LogP contribution in [-0.2, 0) is 0 Å². The predicted molar refractivity (Wildman–Crippen MR) is 87.6 cm³/mol. The van der Waals surface area contributed by atoms with Gasteiger partial charge >= 0.3 is 6.03 Å². The van der Waals surface area contributed by atoms with Crippen LogP contribution in [0.15, 0.2) is 42.5 Å². The number of primary amides is 1. The number of amides is 2. The molecular weight excluding hydrogens is 262 g/mol. The summed E-state index contributed by atoms with van der Waals surface area (Å²) in [7, 11) is 0. The Kier molecular flexibility index (Phi) is 4.48. The number of hydrogen-bond donors (Lipinski definition) is 3. The third-order valence-corrected chi connectivity index (χ3v) is 3.57. The van der Waals surface area contributed by atoms with E-state index in [-0.39, 0.29) is 6.04 Å². The molecule has 0 radical (unpaired) electrons. The molecule has 0 aromatic heterocycles. The Hall–Kier alpha value is -2.49. The molecule has 1 unspecified atom stereocenters. The van der Waals surface area contributed by atoms with Crippen LogP contribution < -0.4 is 16.4 Å². The molecule has 4 heteroatoms. The first-order chi connectivity index (χ1) is 9.95. The molecule has 0 heterocycles. The maximum absolute atomic E-state index is 10.8. The Morgan fingerprint density at radius 2 is 1.62 bits per heavy atom. The van der Waals surface area contributed by atoms with E-state index in [4.69, 9.17) is 5.73 Å². The maximum atomic E-state index is 10.8. The van der Waals surface area contributed by atoms with E-state index in [1.54, 1.807) is 0 Å². The van der Waals surface area contributed by atoms with Crippen LogP contribution in [0, 0.1) is 13.8 Å². The number of aryl methyl sites for hydroxylation is 2. The van der Waals surface area contributed by atoms with E-state index in [0.717, 1.165) is 11.3 Å². The molecule has 0 aliphatic carbocycles. The number of nitrogens with two attached hydrogens (primary N) is 1. The standard InChI is InChI=1S/C17H21N3O/c1-11-4-7-16(10-12(11)2)19-13(3)14-5-8-15(9-6-14)20-17(18)21/h4-10,13,19H,1-3H3,(H3,18,20,21). The first-order valence-electron chi connectivity index (χ1n) is 6.96. The summed E-state index contributed by atoms with van der Waals surface area (Å²) in [6.45, 7) is 6.31. The summed E-state index contributed by atoms with van der Waals surface area (Å²) in [4.78, 5) is 10.8. The van der Waals surface area contributed by atoms with Crippen LogP contribution in [0.3, 0.4) is 0 Å².